The van der Waals surface area contributed by atoms with Gasteiger partial charge in [-0.05, 0) is 11.6 Å². The molecule has 0 aromatic heterocycles. The predicted octanol–water partition coefficient (Wildman–Crippen LogP) is 1.87. The maximum absolute atomic E-state index is 5.61. The van der Waals surface area contributed by atoms with Crippen LogP contribution < -0.4 is 5.19 Å². The Morgan fingerprint density at radius 2 is 1.92 bits per heavy atom. The van der Waals surface area contributed by atoms with Crippen molar-refractivity contribution in [2.24, 2.45) is 0 Å². The maximum Gasteiger partial charge on any atom is 0.227 e. The summed E-state index contributed by atoms with van der Waals surface area (Å²) in [6.07, 6.45) is 3.76. The molecule has 1 aromatic rings. The number of benzene rings is 1. The summed E-state index contributed by atoms with van der Waals surface area (Å²) in [7, 11) is 0.0382. The Labute approximate surface area is 83.1 Å². The molecule has 1 rings (SSSR count). The first-order valence-electron chi connectivity index (χ1n) is 4.93. The summed E-state index contributed by atoms with van der Waals surface area (Å²) in [6, 6.07) is 10.4. The Balaban J connectivity index is 2.07. The zero-order valence-corrected chi connectivity index (χ0v) is 9.36. The predicted molar refractivity (Wildman–Crippen MR) is 58.7 cm³/mol. The number of hydrogen-bond donors (Lipinski definition) is 0. The molecular weight excluding hydrogens is 176 g/mol. The van der Waals surface area contributed by atoms with E-state index in [0.717, 1.165) is 6.61 Å². The molecule has 2 heteroatoms. The fraction of sp³-hybridized carbons (Fsp3) is 0.455. The van der Waals surface area contributed by atoms with Crippen LogP contribution in [-0.4, -0.2) is 16.4 Å². The highest BCUT2D eigenvalue weighted by atomic mass is 28.2. The average molecular weight is 193 g/mol. The van der Waals surface area contributed by atoms with Gasteiger partial charge in [0.05, 0.1) is 0 Å². The van der Waals surface area contributed by atoms with Gasteiger partial charge in [0.15, 0.2) is 0 Å². The van der Waals surface area contributed by atoms with Crippen molar-refractivity contribution in [2.75, 3.05) is 6.61 Å². The van der Waals surface area contributed by atoms with Crippen LogP contribution in [0.4, 0.5) is 0 Å². The Morgan fingerprint density at radius 1 is 1.15 bits per heavy atom. The van der Waals surface area contributed by atoms with Gasteiger partial charge in [0, 0.05) is 6.61 Å². The van der Waals surface area contributed by atoms with Crippen molar-refractivity contribution in [3.05, 3.63) is 30.3 Å². The average Bonchev–Trinajstić information content (AvgIpc) is 2.19. The number of hydrogen-bond acceptors (Lipinski definition) is 1. The quantitative estimate of drug-likeness (QED) is 0.495. The van der Waals surface area contributed by atoms with Crippen molar-refractivity contribution in [3.8, 4) is 0 Å². The van der Waals surface area contributed by atoms with Crippen molar-refractivity contribution >= 4 is 14.9 Å². The fourth-order valence-electron chi connectivity index (χ4n) is 1.12. The van der Waals surface area contributed by atoms with Crippen LogP contribution in [0.5, 0.6) is 0 Å². The van der Waals surface area contributed by atoms with Crippen LogP contribution in [0, 0.1) is 0 Å². The molecule has 0 aliphatic carbocycles. The van der Waals surface area contributed by atoms with E-state index < -0.39 is 0 Å². The van der Waals surface area contributed by atoms with Gasteiger partial charge >= 0.3 is 0 Å². The van der Waals surface area contributed by atoms with Crippen molar-refractivity contribution < 1.29 is 4.43 Å². The van der Waals surface area contributed by atoms with Crippen LogP contribution in [0.1, 0.15) is 26.2 Å². The van der Waals surface area contributed by atoms with Crippen LogP contribution in [-0.2, 0) is 4.43 Å². The highest BCUT2D eigenvalue weighted by Gasteiger charge is 1.93. The third-order valence-electron chi connectivity index (χ3n) is 1.88. The van der Waals surface area contributed by atoms with Gasteiger partial charge in [0.1, 0.15) is 0 Å². The Morgan fingerprint density at radius 3 is 2.62 bits per heavy atom. The summed E-state index contributed by atoms with van der Waals surface area (Å²) in [5.41, 5.74) is 0. The van der Waals surface area contributed by atoms with E-state index in [0.29, 0.717) is 0 Å². The van der Waals surface area contributed by atoms with Gasteiger partial charge in [-0.25, -0.2) is 0 Å². The molecule has 0 bridgehead atoms. The van der Waals surface area contributed by atoms with E-state index in [2.05, 4.69) is 31.2 Å². The van der Waals surface area contributed by atoms with Crippen molar-refractivity contribution in [1.82, 2.24) is 0 Å². The van der Waals surface area contributed by atoms with Crippen LogP contribution in [0.2, 0.25) is 0 Å². The second-order valence-electron chi connectivity index (χ2n) is 3.11. The normalized spacial score (nSPS) is 10.2. The topological polar surface area (TPSA) is 9.23 Å². The summed E-state index contributed by atoms with van der Waals surface area (Å²) < 4.78 is 5.61. The first-order chi connectivity index (χ1) is 6.43. The Kier molecular flexibility index (Phi) is 5.53. The number of unbranched alkanes of at least 4 members (excludes halogenated alkanes) is 2. The van der Waals surface area contributed by atoms with Crippen molar-refractivity contribution in [3.63, 3.8) is 0 Å². The molecule has 0 heterocycles. The van der Waals surface area contributed by atoms with Gasteiger partial charge in [-0.2, -0.15) is 0 Å². The van der Waals surface area contributed by atoms with Gasteiger partial charge in [-0.3, -0.25) is 0 Å². The zero-order chi connectivity index (χ0) is 9.36. The van der Waals surface area contributed by atoms with Crippen LogP contribution in [0.3, 0.4) is 0 Å². The first-order valence-corrected chi connectivity index (χ1v) is 5.98. The third kappa shape index (κ3) is 4.86. The lowest BCUT2D eigenvalue weighted by molar-refractivity contribution is 0.328. The van der Waals surface area contributed by atoms with Gasteiger partial charge in [0.2, 0.25) is 9.76 Å². The molecule has 0 unspecified atom stereocenters. The Bertz CT molecular complexity index is 211. The van der Waals surface area contributed by atoms with Gasteiger partial charge < -0.3 is 4.43 Å². The lowest BCUT2D eigenvalue weighted by Crippen LogP contribution is -2.17. The number of rotatable bonds is 6. The van der Waals surface area contributed by atoms with Gasteiger partial charge in [0.25, 0.3) is 0 Å². The molecule has 1 radical (unpaired) electrons. The summed E-state index contributed by atoms with van der Waals surface area (Å²) in [4.78, 5) is 0. The maximum atomic E-state index is 5.61. The molecule has 0 saturated heterocycles. The van der Waals surface area contributed by atoms with Gasteiger partial charge in [-0.15, -0.1) is 0 Å². The molecule has 0 fully saturated rings. The van der Waals surface area contributed by atoms with E-state index in [1.165, 1.54) is 24.4 Å². The van der Waals surface area contributed by atoms with E-state index in [9.17, 15) is 0 Å². The van der Waals surface area contributed by atoms with Crippen LogP contribution in [0.15, 0.2) is 30.3 Å². The standard InChI is InChI=1S/C11H17OSi/c1-2-3-7-10-12-13-11-8-5-4-6-9-11/h4-6,8-9,13H,2-3,7,10H2,1H3. The van der Waals surface area contributed by atoms with Crippen molar-refractivity contribution in [2.45, 2.75) is 26.2 Å². The molecular formula is C11H17OSi. The molecule has 1 nitrogen and oxygen atoms in total. The second-order valence-corrected chi connectivity index (χ2v) is 4.34. The SMILES string of the molecule is CCCCCO[SiH]c1ccccc1. The summed E-state index contributed by atoms with van der Waals surface area (Å²) in [5.74, 6) is 0. The molecule has 1 aromatic carbocycles. The largest absolute Gasteiger partial charge is 0.415 e. The van der Waals surface area contributed by atoms with E-state index in [1.807, 2.05) is 6.07 Å². The zero-order valence-electron chi connectivity index (χ0n) is 8.20. The molecule has 0 saturated carbocycles. The van der Waals surface area contributed by atoms with Crippen LogP contribution >= 0.6 is 0 Å². The van der Waals surface area contributed by atoms with E-state index in [-0.39, 0.29) is 9.76 Å². The third-order valence-corrected chi connectivity index (χ3v) is 2.94. The molecule has 0 spiro atoms. The molecule has 0 atom stereocenters. The minimum Gasteiger partial charge on any atom is -0.415 e. The second kappa shape index (κ2) is 6.86. The molecule has 0 aliphatic heterocycles. The fourth-order valence-corrected chi connectivity index (χ4v) is 1.98. The molecule has 0 aliphatic rings. The van der Waals surface area contributed by atoms with E-state index in [4.69, 9.17) is 4.43 Å². The Hall–Kier alpha value is -0.603. The van der Waals surface area contributed by atoms with Gasteiger partial charge in [-0.1, -0.05) is 50.1 Å². The molecule has 13 heavy (non-hydrogen) atoms. The van der Waals surface area contributed by atoms with E-state index >= 15 is 0 Å². The van der Waals surface area contributed by atoms with E-state index in [1.54, 1.807) is 0 Å². The highest BCUT2D eigenvalue weighted by molar-refractivity contribution is 6.46. The lowest BCUT2D eigenvalue weighted by Gasteiger charge is -2.01. The smallest absolute Gasteiger partial charge is 0.227 e. The first kappa shape index (κ1) is 10.5. The highest BCUT2D eigenvalue weighted by Crippen LogP contribution is 1.93. The monoisotopic (exact) mass is 193 g/mol. The summed E-state index contributed by atoms with van der Waals surface area (Å²) in [5, 5.41) is 1.35. The minimum absolute atomic E-state index is 0.0382. The van der Waals surface area contributed by atoms with Crippen LogP contribution in [0.25, 0.3) is 0 Å². The molecule has 71 valence electrons. The van der Waals surface area contributed by atoms with Crippen molar-refractivity contribution in [1.29, 1.82) is 0 Å². The molecule has 0 N–H and O–H groups in total. The lowest BCUT2D eigenvalue weighted by atomic mass is 10.3. The molecule has 0 amide bonds. The summed E-state index contributed by atoms with van der Waals surface area (Å²) >= 11 is 0. The summed E-state index contributed by atoms with van der Waals surface area (Å²) in [6.45, 7) is 3.14. The minimum atomic E-state index is 0.0382.